The Morgan fingerprint density at radius 2 is 1.83 bits per heavy atom. The van der Waals surface area contributed by atoms with Gasteiger partial charge in [0.15, 0.2) is 0 Å². The Morgan fingerprint density at radius 3 is 2.34 bits per heavy atom. The van der Waals surface area contributed by atoms with E-state index in [0.717, 1.165) is 0 Å². The van der Waals surface area contributed by atoms with E-state index < -0.39 is 24.6 Å². The third-order valence-corrected chi connectivity index (χ3v) is 3.91. The molecule has 0 aliphatic rings. The molecule has 2 rings (SSSR count). The molecule has 0 saturated heterocycles. The number of rotatable bonds is 6. The molecule has 0 spiro atoms. The quantitative estimate of drug-likeness (QED) is 0.685. The Labute approximate surface area is 165 Å². The molecular weight excluding hydrogens is 387 g/mol. The van der Waals surface area contributed by atoms with Crippen LogP contribution in [-0.2, 0) is 11.3 Å². The number of hydrogen-bond donors (Lipinski definition) is 0. The third kappa shape index (κ3) is 6.04. The zero-order chi connectivity index (χ0) is 21.6. The molecule has 0 fully saturated rings. The number of esters is 1. The van der Waals surface area contributed by atoms with Crippen molar-refractivity contribution < 1.29 is 27.5 Å². The van der Waals surface area contributed by atoms with E-state index >= 15 is 0 Å². The van der Waals surface area contributed by atoms with Gasteiger partial charge in [-0.2, -0.15) is 18.4 Å². The number of halogens is 3. The van der Waals surface area contributed by atoms with Gasteiger partial charge in [0.25, 0.3) is 5.91 Å². The summed E-state index contributed by atoms with van der Waals surface area (Å²) in [6.45, 7) is 1.48. The summed E-state index contributed by atoms with van der Waals surface area (Å²) >= 11 is 0. The van der Waals surface area contributed by atoms with Crippen LogP contribution < -0.4 is 0 Å². The Balaban J connectivity index is 2.30. The lowest BCUT2D eigenvalue weighted by molar-refractivity contribution is -0.141. The number of ether oxygens (including phenoxy) is 1. The molecule has 0 N–H and O–H groups in total. The molecule has 0 unspecified atom stereocenters. The van der Waals surface area contributed by atoms with Crippen LogP contribution in [-0.4, -0.2) is 41.1 Å². The molecule has 1 aromatic carbocycles. The van der Waals surface area contributed by atoms with Crippen LogP contribution in [0.1, 0.15) is 44.6 Å². The standard InChI is InChI=1S/C20H18F3N3O3/c1-3-29-19(28)16-8-9-17(25-13(16)2)18(27)26(12-20(21,22)23)11-15-6-4-14(10-24)5-7-15/h4-9H,3,11-12H2,1-2H3. The van der Waals surface area contributed by atoms with Crippen molar-refractivity contribution in [2.24, 2.45) is 0 Å². The molecule has 1 heterocycles. The van der Waals surface area contributed by atoms with E-state index in [1.165, 1.54) is 43.3 Å². The fourth-order valence-electron chi connectivity index (χ4n) is 2.59. The van der Waals surface area contributed by atoms with Crippen molar-refractivity contribution in [1.29, 1.82) is 5.26 Å². The maximum Gasteiger partial charge on any atom is 0.406 e. The number of nitrogens with zero attached hydrogens (tertiary/aromatic N) is 3. The number of carbonyl (C=O) groups excluding carboxylic acids is 2. The number of alkyl halides is 3. The van der Waals surface area contributed by atoms with Gasteiger partial charge in [-0.1, -0.05) is 12.1 Å². The van der Waals surface area contributed by atoms with E-state index in [-0.39, 0.29) is 30.1 Å². The molecule has 6 nitrogen and oxygen atoms in total. The van der Waals surface area contributed by atoms with Gasteiger partial charge in [-0.15, -0.1) is 0 Å². The smallest absolute Gasteiger partial charge is 0.406 e. The van der Waals surface area contributed by atoms with Crippen LogP contribution in [0.2, 0.25) is 0 Å². The summed E-state index contributed by atoms with van der Waals surface area (Å²) in [7, 11) is 0. The summed E-state index contributed by atoms with van der Waals surface area (Å²) in [6.07, 6.45) is -4.61. The van der Waals surface area contributed by atoms with Crippen LogP contribution in [0, 0.1) is 18.3 Å². The SMILES string of the molecule is CCOC(=O)c1ccc(C(=O)N(Cc2ccc(C#N)cc2)CC(F)(F)F)nc1C. The molecule has 0 atom stereocenters. The van der Waals surface area contributed by atoms with E-state index in [4.69, 9.17) is 10.00 Å². The number of carbonyl (C=O) groups is 2. The van der Waals surface area contributed by atoms with Gasteiger partial charge in [-0.25, -0.2) is 9.78 Å². The fraction of sp³-hybridized carbons (Fsp3) is 0.300. The summed E-state index contributed by atoms with van der Waals surface area (Å²) in [6, 6.07) is 10.3. The van der Waals surface area contributed by atoms with Gasteiger partial charge in [-0.3, -0.25) is 4.79 Å². The highest BCUT2D eigenvalue weighted by Crippen LogP contribution is 2.20. The first-order valence-corrected chi connectivity index (χ1v) is 8.64. The average Bonchev–Trinajstić information content (AvgIpc) is 2.66. The average molecular weight is 405 g/mol. The Bertz CT molecular complexity index is 935. The molecule has 0 aliphatic heterocycles. The number of amides is 1. The second kappa shape index (κ2) is 9.19. The molecule has 0 radical (unpaired) electrons. The molecule has 1 amide bonds. The molecule has 2 aromatic rings. The molecule has 9 heteroatoms. The monoisotopic (exact) mass is 405 g/mol. The fourth-order valence-corrected chi connectivity index (χ4v) is 2.59. The highest BCUT2D eigenvalue weighted by molar-refractivity contribution is 5.95. The van der Waals surface area contributed by atoms with Gasteiger partial charge >= 0.3 is 12.1 Å². The molecular formula is C20H18F3N3O3. The number of nitriles is 1. The van der Waals surface area contributed by atoms with Gasteiger partial charge in [0.1, 0.15) is 12.2 Å². The summed E-state index contributed by atoms with van der Waals surface area (Å²) in [5, 5.41) is 8.82. The first-order chi connectivity index (χ1) is 13.6. The lowest BCUT2D eigenvalue weighted by atomic mass is 10.1. The first kappa shape index (κ1) is 21.9. The summed E-state index contributed by atoms with van der Waals surface area (Å²) in [5.41, 5.74) is 0.890. The summed E-state index contributed by atoms with van der Waals surface area (Å²) < 4.78 is 43.9. The van der Waals surface area contributed by atoms with Crippen LogP contribution in [0.5, 0.6) is 0 Å². The number of aryl methyl sites for hydroxylation is 1. The minimum Gasteiger partial charge on any atom is -0.462 e. The third-order valence-electron chi connectivity index (χ3n) is 3.91. The topological polar surface area (TPSA) is 83.3 Å². The van der Waals surface area contributed by atoms with Crippen molar-refractivity contribution >= 4 is 11.9 Å². The van der Waals surface area contributed by atoms with Gasteiger partial charge in [0.05, 0.1) is 29.5 Å². The van der Waals surface area contributed by atoms with Crippen LogP contribution in [0.15, 0.2) is 36.4 Å². The van der Waals surface area contributed by atoms with E-state index in [2.05, 4.69) is 4.98 Å². The lowest BCUT2D eigenvalue weighted by Gasteiger charge is -2.24. The highest BCUT2D eigenvalue weighted by Gasteiger charge is 2.34. The van der Waals surface area contributed by atoms with E-state index in [0.29, 0.717) is 16.0 Å². The van der Waals surface area contributed by atoms with Crippen molar-refractivity contribution in [2.75, 3.05) is 13.2 Å². The van der Waals surface area contributed by atoms with E-state index in [1.54, 1.807) is 6.92 Å². The van der Waals surface area contributed by atoms with E-state index in [1.807, 2.05) is 6.07 Å². The number of aromatic nitrogens is 1. The van der Waals surface area contributed by atoms with Crippen molar-refractivity contribution in [3.8, 4) is 6.07 Å². The van der Waals surface area contributed by atoms with E-state index in [9.17, 15) is 22.8 Å². The van der Waals surface area contributed by atoms with Crippen LogP contribution in [0.3, 0.4) is 0 Å². The van der Waals surface area contributed by atoms with Gasteiger partial charge in [0.2, 0.25) is 0 Å². The normalized spacial score (nSPS) is 10.9. The maximum atomic E-state index is 13.0. The predicted octanol–water partition coefficient (Wildman–Crippen LogP) is 3.64. The Kier molecular flexibility index (Phi) is 6.93. The van der Waals surface area contributed by atoms with Gasteiger partial charge in [0, 0.05) is 6.54 Å². The molecule has 0 aliphatic carbocycles. The Hall–Kier alpha value is -3.41. The van der Waals surface area contributed by atoms with Gasteiger partial charge < -0.3 is 9.64 Å². The second-order valence-electron chi connectivity index (χ2n) is 6.14. The minimum absolute atomic E-state index is 0.137. The number of hydrogen-bond acceptors (Lipinski definition) is 5. The second-order valence-corrected chi connectivity index (χ2v) is 6.14. The largest absolute Gasteiger partial charge is 0.462 e. The van der Waals surface area contributed by atoms with Crippen LogP contribution in [0.25, 0.3) is 0 Å². The van der Waals surface area contributed by atoms with Crippen molar-refractivity contribution in [2.45, 2.75) is 26.6 Å². The van der Waals surface area contributed by atoms with Crippen LogP contribution >= 0.6 is 0 Å². The number of benzene rings is 1. The highest BCUT2D eigenvalue weighted by atomic mass is 19.4. The zero-order valence-corrected chi connectivity index (χ0v) is 15.8. The molecule has 29 heavy (non-hydrogen) atoms. The predicted molar refractivity (Wildman–Crippen MR) is 96.9 cm³/mol. The molecule has 0 saturated carbocycles. The lowest BCUT2D eigenvalue weighted by Crippen LogP contribution is -2.39. The minimum atomic E-state index is -4.61. The van der Waals surface area contributed by atoms with Crippen molar-refractivity contribution in [1.82, 2.24) is 9.88 Å². The van der Waals surface area contributed by atoms with Crippen molar-refractivity contribution in [3.05, 3.63) is 64.5 Å². The molecule has 0 bridgehead atoms. The first-order valence-electron chi connectivity index (χ1n) is 8.64. The number of pyridine rings is 1. The van der Waals surface area contributed by atoms with Gasteiger partial charge in [-0.05, 0) is 43.7 Å². The zero-order valence-electron chi connectivity index (χ0n) is 15.8. The maximum absolute atomic E-state index is 13.0. The summed E-state index contributed by atoms with van der Waals surface area (Å²) in [5.74, 6) is -1.55. The molecule has 1 aromatic heterocycles. The van der Waals surface area contributed by atoms with Crippen LogP contribution in [0.4, 0.5) is 13.2 Å². The van der Waals surface area contributed by atoms with Crippen molar-refractivity contribution in [3.63, 3.8) is 0 Å². The molecule has 152 valence electrons. The summed E-state index contributed by atoms with van der Waals surface area (Å²) in [4.78, 5) is 29.1. The Morgan fingerprint density at radius 1 is 1.17 bits per heavy atom.